The largest absolute Gasteiger partial charge is 0.480 e. The van der Waals surface area contributed by atoms with Crippen LogP contribution in [0.4, 0.5) is 4.79 Å². The Morgan fingerprint density at radius 2 is 1.79 bits per heavy atom. The van der Waals surface area contributed by atoms with Gasteiger partial charge < -0.3 is 15.7 Å². The predicted octanol–water partition coefficient (Wildman–Crippen LogP) is 2.37. The summed E-state index contributed by atoms with van der Waals surface area (Å²) in [6, 6.07) is -1.28. The van der Waals surface area contributed by atoms with Crippen molar-refractivity contribution >= 4 is 12.0 Å². The van der Waals surface area contributed by atoms with Crippen LogP contribution in [0.2, 0.25) is 0 Å². The number of urea groups is 1. The Morgan fingerprint density at radius 1 is 1.26 bits per heavy atom. The van der Waals surface area contributed by atoms with Crippen molar-refractivity contribution < 1.29 is 14.7 Å². The third-order valence-electron chi connectivity index (χ3n) is 3.87. The van der Waals surface area contributed by atoms with Gasteiger partial charge in [-0.3, -0.25) is 0 Å². The molecule has 1 atom stereocenters. The van der Waals surface area contributed by atoms with Crippen LogP contribution in [-0.4, -0.2) is 29.7 Å². The predicted molar refractivity (Wildman–Crippen MR) is 74.0 cm³/mol. The van der Waals surface area contributed by atoms with Crippen molar-refractivity contribution in [2.24, 2.45) is 10.8 Å². The van der Waals surface area contributed by atoms with Gasteiger partial charge in [0.25, 0.3) is 0 Å². The normalized spacial score (nSPS) is 19.8. The van der Waals surface area contributed by atoms with Gasteiger partial charge >= 0.3 is 12.0 Å². The minimum atomic E-state index is -1.00. The first-order valence-electron chi connectivity index (χ1n) is 6.91. The first kappa shape index (κ1) is 15.8. The van der Waals surface area contributed by atoms with Crippen LogP contribution in [0.25, 0.3) is 0 Å². The number of carboxylic acids is 1. The number of hydrogen-bond donors (Lipinski definition) is 3. The van der Waals surface area contributed by atoms with Gasteiger partial charge in [-0.05, 0) is 23.7 Å². The number of carboxylic acid groups (broad SMARTS) is 1. The standard InChI is InChI=1S/C14H26N2O3/c1-13(2,3)10(11(17)18)16-12(19)15-9-14(4)7-5-6-8-14/h10H,5-9H2,1-4H3,(H,17,18)(H2,15,16,19)/t10-/m1/s1. The fraction of sp³-hybridized carbons (Fsp3) is 0.857. The lowest BCUT2D eigenvalue weighted by molar-refractivity contribution is -0.141. The molecule has 19 heavy (non-hydrogen) atoms. The van der Waals surface area contributed by atoms with Crippen molar-refractivity contribution in [3.05, 3.63) is 0 Å². The number of aliphatic carboxylic acids is 1. The fourth-order valence-corrected chi connectivity index (χ4v) is 2.53. The van der Waals surface area contributed by atoms with Crippen molar-refractivity contribution in [2.75, 3.05) is 6.54 Å². The van der Waals surface area contributed by atoms with Crippen LogP contribution in [0.3, 0.4) is 0 Å². The van der Waals surface area contributed by atoms with Crippen LogP contribution in [0.1, 0.15) is 53.4 Å². The van der Waals surface area contributed by atoms with Crippen LogP contribution < -0.4 is 10.6 Å². The van der Waals surface area contributed by atoms with Gasteiger partial charge in [0.1, 0.15) is 6.04 Å². The minimum absolute atomic E-state index is 0.164. The number of nitrogens with one attached hydrogen (secondary N) is 2. The van der Waals surface area contributed by atoms with E-state index in [4.69, 9.17) is 5.11 Å². The Labute approximate surface area is 115 Å². The summed E-state index contributed by atoms with van der Waals surface area (Å²) in [4.78, 5) is 23.0. The summed E-state index contributed by atoms with van der Waals surface area (Å²) in [5.41, 5.74) is -0.349. The van der Waals surface area contributed by atoms with Crippen LogP contribution in [0.15, 0.2) is 0 Å². The van der Waals surface area contributed by atoms with Crippen molar-refractivity contribution in [2.45, 2.75) is 59.4 Å². The van der Waals surface area contributed by atoms with E-state index in [9.17, 15) is 9.59 Å². The number of amides is 2. The van der Waals surface area contributed by atoms with Gasteiger partial charge in [0.2, 0.25) is 0 Å². The van der Waals surface area contributed by atoms with Crippen LogP contribution in [-0.2, 0) is 4.79 Å². The molecule has 5 heteroatoms. The zero-order valence-electron chi connectivity index (χ0n) is 12.4. The zero-order chi connectivity index (χ0) is 14.7. The first-order chi connectivity index (χ1) is 8.64. The molecule has 0 aromatic rings. The summed E-state index contributed by atoms with van der Waals surface area (Å²) >= 11 is 0. The van der Waals surface area contributed by atoms with Gasteiger partial charge in [-0.25, -0.2) is 9.59 Å². The van der Waals surface area contributed by atoms with Crippen molar-refractivity contribution in [3.63, 3.8) is 0 Å². The molecule has 2 amide bonds. The Balaban J connectivity index is 2.47. The number of carbonyl (C=O) groups excluding carboxylic acids is 1. The van der Waals surface area contributed by atoms with Crippen molar-refractivity contribution in [1.29, 1.82) is 0 Å². The first-order valence-corrected chi connectivity index (χ1v) is 6.91. The maximum atomic E-state index is 11.8. The highest BCUT2D eigenvalue weighted by atomic mass is 16.4. The molecule has 0 bridgehead atoms. The molecule has 3 N–H and O–H groups in total. The average Bonchev–Trinajstić information content (AvgIpc) is 2.69. The highest BCUT2D eigenvalue weighted by Gasteiger charge is 2.33. The Kier molecular flexibility index (Phi) is 4.82. The van der Waals surface area contributed by atoms with E-state index < -0.39 is 23.5 Å². The molecule has 1 saturated carbocycles. The van der Waals surface area contributed by atoms with Gasteiger partial charge in [-0.1, -0.05) is 40.5 Å². The van der Waals surface area contributed by atoms with E-state index in [1.54, 1.807) is 20.8 Å². The molecule has 0 aromatic heterocycles. The van der Waals surface area contributed by atoms with E-state index in [1.807, 2.05) is 0 Å². The quantitative estimate of drug-likeness (QED) is 0.733. The third-order valence-corrected chi connectivity index (χ3v) is 3.87. The summed E-state index contributed by atoms with van der Waals surface area (Å²) in [5, 5.41) is 14.5. The third kappa shape index (κ3) is 4.73. The maximum Gasteiger partial charge on any atom is 0.326 e. The molecule has 1 fully saturated rings. The molecule has 0 unspecified atom stereocenters. The van der Waals surface area contributed by atoms with Crippen molar-refractivity contribution in [1.82, 2.24) is 10.6 Å². The van der Waals surface area contributed by atoms with Gasteiger partial charge in [0.15, 0.2) is 0 Å². The smallest absolute Gasteiger partial charge is 0.326 e. The van der Waals surface area contributed by atoms with Crippen LogP contribution in [0, 0.1) is 10.8 Å². The maximum absolute atomic E-state index is 11.8. The molecule has 0 spiro atoms. The van der Waals surface area contributed by atoms with E-state index in [0.29, 0.717) is 6.54 Å². The second kappa shape index (κ2) is 5.80. The average molecular weight is 270 g/mol. The fourth-order valence-electron chi connectivity index (χ4n) is 2.53. The van der Waals surface area contributed by atoms with Gasteiger partial charge in [0.05, 0.1) is 0 Å². The Hall–Kier alpha value is -1.26. The molecular weight excluding hydrogens is 244 g/mol. The zero-order valence-corrected chi connectivity index (χ0v) is 12.4. The Bertz CT molecular complexity index is 341. The van der Waals surface area contributed by atoms with Gasteiger partial charge in [-0.15, -0.1) is 0 Å². The topological polar surface area (TPSA) is 78.4 Å². The summed E-state index contributed by atoms with van der Waals surface area (Å²) in [7, 11) is 0. The summed E-state index contributed by atoms with van der Waals surface area (Å²) < 4.78 is 0. The molecule has 0 heterocycles. The minimum Gasteiger partial charge on any atom is -0.480 e. The lowest BCUT2D eigenvalue weighted by atomic mass is 9.87. The summed E-state index contributed by atoms with van der Waals surface area (Å²) in [6.45, 7) is 8.16. The molecular formula is C14H26N2O3. The van der Waals surface area contributed by atoms with E-state index in [-0.39, 0.29) is 5.41 Å². The highest BCUT2D eigenvalue weighted by molar-refractivity contribution is 5.83. The molecule has 1 aliphatic rings. The molecule has 1 rings (SSSR count). The van der Waals surface area contributed by atoms with E-state index in [0.717, 1.165) is 12.8 Å². The molecule has 0 aromatic carbocycles. The molecule has 110 valence electrons. The summed E-state index contributed by atoms with van der Waals surface area (Å²) in [5.74, 6) is -1.00. The number of hydrogen-bond acceptors (Lipinski definition) is 2. The molecule has 0 saturated heterocycles. The highest BCUT2D eigenvalue weighted by Crippen LogP contribution is 2.36. The number of rotatable bonds is 4. The molecule has 0 radical (unpaired) electrons. The van der Waals surface area contributed by atoms with Crippen LogP contribution in [0.5, 0.6) is 0 Å². The second-order valence-electron chi connectivity index (χ2n) is 6.98. The van der Waals surface area contributed by atoms with E-state index >= 15 is 0 Å². The van der Waals surface area contributed by atoms with E-state index in [2.05, 4.69) is 17.6 Å². The molecule has 5 nitrogen and oxygen atoms in total. The lowest BCUT2D eigenvalue weighted by Crippen LogP contribution is -2.53. The SMILES string of the molecule is CC1(CNC(=O)N[C@H](C(=O)O)C(C)(C)C)CCCC1. The van der Waals surface area contributed by atoms with Crippen molar-refractivity contribution in [3.8, 4) is 0 Å². The Morgan fingerprint density at radius 3 is 2.21 bits per heavy atom. The molecule has 0 aliphatic heterocycles. The van der Waals surface area contributed by atoms with Crippen LogP contribution >= 0.6 is 0 Å². The second-order valence-corrected chi connectivity index (χ2v) is 6.98. The van der Waals surface area contributed by atoms with Gasteiger partial charge in [0, 0.05) is 6.54 Å². The monoisotopic (exact) mass is 270 g/mol. The van der Waals surface area contributed by atoms with Gasteiger partial charge in [-0.2, -0.15) is 0 Å². The molecule has 1 aliphatic carbocycles. The number of carbonyl (C=O) groups is 2. The lowest BCUT2D eigenvalue weighted by Gasteiger charge is -2.29. The van der Waals surface area contributed by atoms with E-state index in [1.165, 1.54) is 12.8 Å². The summed E-state index contributed by atoms with van der Waals surface area (Å²) in [6.07, 6.45) is 4.66.